The lowest BCUT2D eigenvalue weighted by Crippen LogP contribution is -2.31. The van der Waals surface area contributed by atoms with E-state index in [1.807, 2.05) is 30.3 Å². The Labute approximate surface area is 104 Å². The average Bonchev–Trinajstić information content (AvgIpc) is 2.90. The first-order valence-electron chi connectivity index (χ1n) is 5.73. The molecule has 0 spiro atoms. The number of aliphatic imine (C=N–C) groups is 1. The first kappa shape index (κ1) is 10.9. The SMILES string of the molecule is Fc1ccc(C2N=C(c3ccccc3)NN2)cc1. The van der Waals surface area contributed by atoms with Gasteiger partial charge in [0.25, 0.3) is 0 Å². The Morgan fingerprint density at radius 3 is 2.39 bits per heavy atom. The van der Waals surface area contributed by atoms with Gasteiger partial charge in [-0.1, -0.05) is 42.5 Å². The number of nitrogens with one attached hydrogen (secondary N) is 2. The van der Waals surface area contributed by atoms with Gasteiger partial charge in [0.15, 0.2) is 0 Å². The topological polar surface area (TPSA) is 36.4 Å². The summed E-state index contributed by atoms with van der Waals surface area (Å²) in [6.45, 7) is 0. The summed E-state index contributed by atoms with van der Waals surface area (Å²) in [5, 5.41) is 0. The summed E-state index contributed by atoms with van der Waals surface area (Å²) in [6, 6.07) is 16.2. The molecule has 1 atom stereocenters. The molecule has 1 unspecified atom stereocenters. The maximum atomic E-state index is 12.8. The molecule has 0 aliphatic carbocycles. The van der Waals surface area contributed by atoms with Gasteiger partial charge in [-0.25, -0.2) is 14.8 Å². The zero-order valence-electron chi connectivity index (χ0n) is 9.60. The van der Waals surface area contributed by atoms with E-state index < -0.39 is 0 Å². The third-order valence-corrected chi connectivity index (χ3v) is 2.82. The lowest BCUT2D eigenvalue weighted by atomic mass is 10.2. The predicted octanol–water partition coefficient (Wildman–Crippen LogP) is 2.38. The Balaban J connectivity index is 1.85. The molecule has 3 nitrogen and oxygen atoms in total. The zero-order valence-corrected chi connectivity index (χ0v) is 9.60. The van der Waals surface area contributed by atoms with Gasteiger partial charge in [0.05, 0.1) is 0 Å². The molecule has 18 heavy (non-hydrogen) atoms. The van der Waals surface area contributed by atoms with Crippen LogP contribution in [0, 0.1) is 5.82 Å². The van der Waals surface area contributed by atoms with Crippen molar-refractivity contribution in [3.8, 4) is 0 Å². The van der Waals surface area contributed by atoms with Gasteiger partial charge in [-0.2, -0.15) is 0 Å². The monoisotopic (exact) mass is 241 g/mol. The molecule has 0 saturated heterocycles. The van der Waals surface area contributed by atoms with Crippen LogP contribution in [0.1, 0.15) is 17.3 Å². The van der Waals surface area contributed by atoms with E-state index in [-0.39, 0.29) is 12.0 Å². The number of amidine groups is 1. The number of benzene rings is 2. The number of hydrazine groups is 1. The Bertz CT molecular complexity index is 563. The van der Waals surface area contributed by atoms with Crippen LogP contribution in [0.15, 0.2) is 59.6 Å². The van der Waals surface area contributed by atoms with Crippen molar-refractivity contribution in [3.05, 3.63) is 71.5 Å². The van der Waals surface area contributed by atoms with Crippen molar-refractivity contribution in [2.75, 3.05) is 0 Å². The van der Waals surface area contributed by atoms with Gasteiger partial charge in [-0.3, -0.25) is 0 Å². The number of hydrogen-bond donors (Lipinski definition) is 2. The van der Waals surface area contributed by atoms with Crippen molar-refractivity contribution in [1.82, 2.24) is 10.9 Å². The second-order valence-electron chi connectivity index (χ2n) is 4.07. The molecule has 2 aromatic carbocycles. The lowest BCUT2D eigenvalue weighted by Gasteiger charge is -2.06. The summed E-state index contributed by atoms with van der Waals surface area (Å²) in [6.07, 6.45) is -0.180. The molecule has 0 saturated carbocycles. The highest BCUT2D eigenvalue weighted by Gasteiger charge is 2.18. The quantitative estimate of drug-likeness (QED) is 0.847. The molecular formula is C14H12FN3. The highest BCUT2D eigenvalue weighted by Crippen LogP contribution is 2.18. The van der Waals surface area contributed by atoms with Crippen LogP contribution in [0.4, 0.5) is 4.39 Å². The minimum Gasteiger partial charge on any atom is -0.303 e. The molecule has 2 aromatic rings. The maximum Gasteiger partial charge on any atom is 0.144 e. The van der Waals surface area contributed by atoms with Gasteiger partial charge < -0.3 is 5.43 Å². The van der Waals surface area contributed by atoms with Gasteiger partial charge in [-0.05, 0) is 17.7 Å². The molecule has 1 heterocycles. The molecule has 90 valence electrons. The molecule has 0 aromatic heterocycles. The van der Waals surface area contributed by atoms with Crippen LogP contribution in [-0.4, -0.2) is 5.84 Å². The molecule has 1 aliphatic heterocycles. The van der Waals surface area contributed by atoms with Crippen LogP contribution in [0.3, 0.4) is 0 Å². The van der Waals surface area contributed by atoms with Crippen LogP contribution in [-0.2, 0) is 0 Å². The third kappa shape index (κ3) is 2.10. The summed E-state index contributed by atoms with van der Waals surface area (Å²) in [4.78, 5) is 4.53. The molecule has 1 aliphatic rings. The van der Waals surface area contributed by atoms with Crippen LogP contribution in [0.2, 0.25) is 0 Å². The molecule has 0 radical (unpaired) electrons. The van der Waals surface area contributed by atoms with E-state index in [0.717, 1.165) is 17.0 Å². The number of nitrogens with zero attached hydrogens (tertiary/aromatic N) is 1. The van der Waals surface area contributed by atoms with E-state index in [4.69, 9.17) is 0 Å². The Morgan fingerprint density at radius 2 is 1.67 bits per heavy atom. The number of hydrogen-bond acceptors (Lipinski definition) is 3. The fraction of sp³-hybridized carbons (Fsp3) is 0.0714. The molecule has 4 heteroatoms. The smallest absolute Gasteiger partial charge is 0.144 e. The van der Waals surface area contributed by atoms with E-state index in [9.17, 15) is 4.39 Å². The summed E-state index contributed by atoms with van der Waals surface area (Å²) in [5.41, 5.74) is 8.06. The largest absolute Gasteiger partial charge is 0.303 e. The standard InChI is InChI=1S/C14H12FN3/c15-12-8-6-11(7-9-12)14-16-13(17-18-14)10-4-2-1-3-5-10/h1-9,14,18H,(H,16,17). The summed E-state index contributed by atoms with van der Waals surface area (Å²) < 4.78 is 12.8. The second-order valence-corrected chi connectivity index (χ2v) is 4.07. The minimum absolute atomic E-state index is 0.180. The van der Waals surface area contributed by atoms with Crippen molar-refractivity contribution in [2.45, 2.75) is 6.17 Å². The lowest BCUT2D eigenvalue weighted by molar-refractivity contribution is 0.571. The number of halogens is 1. The minimum atomic E-state index is -0.239. The van der Waals surface area contributed by atoms with E-state index in [2.05, 4.69) is 15.8 Å². The molecule has 3 rings (SSSR count). The fourth-order valence-electron chi connectivity index (χ4n) is 1.88. The number of rotatable bonds is 2. The van der Waals surface area contributed by atoms with Crippen LogP contribution in [0.25, 0.3) is 0 Å². The van der Waals surface area contributed by atoms with Gasteiger partial charge >= 0.3 is 0 Å². The molecule has 0 bridgehead atoms. The second kappa shape index (κ2) is 4.58. The highest BCUT2D eigenvalue weighted by molar-refractivity contribution is 5.99. The highest BCUT2D eigenvalue weighted by atomic mass is 19.1. The molecule has 2 N–H and O–H groups in total. The van der Waals surface area contributed by atoms with E-state index in [0.29, 0.717) is 0 Å². The normalized spacial score (nSPS) is 18.3. The predicted molar refractivity (Wildman–Crippen MR) is 68.4 cm³/mol. The first-order valence-corrected chi connectivity index (χ1v) is 5.73. The Morgan fingerprint density at radius 1 is 0.944 bits per heavy atom. The van der Waals surface area contributed by atoms with Crippen molar-refractivity contribution in [3.63, 3.8) is 0 Å². The van der Waals surface area contributed by atoms with Crippen LogP contribution < -0.4 is 10.9 Å². The molecule has 0 fully saturated rings. The van der Waals surface area contributed by atoms with E-state index in [1.54, 1.807) is 12.1 Å². The van der Waals surface area contributed by atoms with Crippen molar-refractivity contribution >= 4 is 5.84 Å². The molecular weight excluding hydrogens is 229 g/mol. The van der Waals surface area contributed by atoms with Gasteiger partial charge in [0.1, 0.15) is 17.8 Å². The average molecular weight is 241 g/mol. The van der Waals surface area contributed by atoms with E-state index >= 15 is 0 Å². The first-order chi connectivity index (χ1) is 8.83. The Hall–Kier alpha value is -2.20. The van der Waals surface area contributed by atoms with Gasteiger partial charge in [0, 0.05) is 5.56 Å². The zero-order chi connectivity index (χ0) is 12.4. The summed E-state index contributed by atoms with van der Waals surface area (Å²) >= 11 is 0. The molecule has 0 amide bonds. The van der Waals surface area contributed by atoms with Crippen molar-refractivity contribution in [2.24, 2.45) is 4.99 Å². The Kier molecular flexibility index (Phi) is 2.78. The van der Waals surface area contributed by atoms with E-state index in [1.165, 1.54) is 12.1 Å². The summed E-state index contributed by atoms with van der Waals surface area (Å²) in [5.74, 6) is 0.557. The third-order valence-electron chi connectivity index (χ3n) is 2.82. The van der Waals surface area contributed by atoms with Crippen molar-refractivity contribution < 1.29 is 4.39 Å². The summed E-state index contributed by atoms with van der Waals surface area (Å²) in [7, 11) is 0. The maximum absolute atomic E-state index is 12.8. The van der Waals surface area contributed by atoms with Crippen LogP contribution >= 0.6 is 0 Å². The van der Waals surface area contributed by atoms with Crippen LogP contribution in [0.5, 0.6) is 0 Å². The van der Waals surface area contributed by atoms with Gasteiger partial charge in [-0.15, -0.1) is 0 Å². The van der Waals surface area contributed by atoms with Gasteiger partial charge in [0.2, 0.25) is 0 Å². The van der Waals surface area contributed by atoms with Crippen molar-refractivity contribution in [1.29, 1.82) is 0 Å². The fourth-order valence-corrected chi connectivity index (χ4v) is 1.88.